The molecule has 110 valence electrons. The molecule has 3 nitrogen and oxygen atoms in total. The van der Waals surface area contributed by atoms with E-state index in [0.717, 1.165) is 16.7 Å². The molecular formula is C16H23NO2S. The molecule has 1 aliphatic heterocycles. The van der Waals surface area contributed by atoms with Crippen LogP contribution in [0.15, 0.2) is 29.7 Å². The van der Waals surface area contributed by atoms with E-state index in [4.69, 9.17) is 0 Å². The summed E-state index contributed by atoms with van der Waals surface area (Å²) < 4.78 is 27.4. The number of sulfonamides is 1. The van der Waals surface area contributed by atoms with E-state index in [1.165, 1.54) is 0 Å². The van der Waals surface area contributed by atoms with Gasteiger partial charge in [-0.3, -0.25) is 0 Å². The van der Waals surface area contributed by atoms with Crippen LogP contribution in [-0.2, 0) is 10.0 Å². The molecule has 0 amide bonds. The highest BCUT2D eigenvalue weighted by atomic mass is 32.2. The van der Waals surface area contributed by atoms with Crippen LogP contribution in [0.5, 0.6) is 0 Å². The highest BCUT2D eigenvalue weighted by molar-refractivity contribution is 7.89. The van der Waals surface area contributed by atoms with Gasteiger partial charge in [0.2, 0.25) is 10.0 Å². The lowest BCUT2D eigenvalue weighted by atomic mass is 10.1. The van der Waals surface area contributed by atoms with Crippen LogP contribution in [0.4, 0.5) is 0 Å². The van der Waals surface area contributed by atoms with E-state index < -0.39 is 10.0 Å². The highest BCUT2D eigenvalue weighted by Gasteiger charge is 2.55. The summed E-state index contributed by atoms with van der Waals surface area (Å²) in [6.07, 6.45) is 1.74. The molecule has 1 heterocycles. The average molecular weight is 293 g/mol. The molecule has 0 saturated carbocycles. The molecule has 0 radical (unpaired) electrons. The van der Waals surface area contributed by atoms with Crippen molar-refractivity contribution < 1.29 is 8.42 Å². The zero-order chi connectivity index (χ0) is 15.2. The molecular weight excluding hydrogens is 270 g/mol. The molecule has 20 heavy (non-hydrogen) atoms. The van der Waals surface area contributed by atoms with Crippen molar-refractivity contribution in [3.63, 3.8) is 0 Å². The summed E-state index contributed by atoms with van der Waals surface area (Å²) >= 11 is 0. The van der Waals surface area contributed by atoms with Gasteiger partial charge in [-0.25, -0.2) is 8.42 Å². The molecule has 3 atom stereocenters. The molecule has 0 bridgehead atoms. The minimum Gasteiger partial charge on any atom is -0.207 e. The van der Waals surface area contributed by atoms with Crippen molar-refractivity contribution in [1.82, 2.24) is 4.31 Å². The second-order valence-corrected chi connectivity index (χ2v) is 7.80. The Kier molecular flexibility index (Phi) is 3.82. The number of hydrogen-bond donors (Lipinski definition) is 0. The predicted molar refractivity (Wildman–Crippen MR) is 82.3 cm³/mol. The fourth-order valence-electron chi connectivity index (χ4n) is 3.18. The van der Waals surface area contributed by atoms with Crippen LogP contribution < -0.4 is 0 Å². The Morgan fingerprint density at radius 3 is 2.05 bits per heavy atom. The quantitative estimate of drug-likeness (QED) is 0.631. The van der Waals surface area contributed by atoms with E-state index in [2.05, 4.69) is 6.58 Å². The highest BCUT2D eigenvalue weighted by Crippen LogP contribution is 2.42. The molecule has 1 unspecified atom stereocenters. The van der Waals surface area contributed by atoms with Crippen molar-refractivity contribution >= 4 is 10.0 Å². The zero-order valence-electron chi connectivity index (χ0n) is 12.8. The first-order valence-electron chi connectivity index (χ1n) is 6.95. The van der Waals surface area contributed by atoms with E-state index in [9.17, 15) is 8.42 Å². The minimum absolute atomic E-state index is 0.0394. The largest absolute Gasteiger partial charge is 0.244 e. The Bertz CT molecular complexity index is 623. The summed E-state index contributed by atoms with van der Waals surface area (Å²) in [5.41, 5.74) is 2.73. The van der Waals surface area contributed by atoms with E-state index in [0.29, 0.717) is 10.8 Å². The van der Waals surface area contributed by atoms with Crippen LogP contribution in [0.3, 0.4) is 0 Å². The third-order valence-corrected chi connectivity index (χ3v) is 6.11. The summed E-state index contributed by atoms with van der Waals surface area (Å²) in [6.45, 7) is 13.6. The Morgan fingerprint density at radius 2 is 1.70 bits per heavy atom. The molecule has 0 aliphatic carbocycles. The van der Waals surface area contributed by atoms with Crippen molar-refractivity contribution in [2.45, 2.75) is 51.6 Å². The Morgan fingerprint density at radius 1 is 1.20 bits per heavy atom. The molecule has 0 aromatic heterocycles. The maximum Gasteiger partial charge on any atom is 0.244 e. The fraction of sp³-hybridized carbons (Fsp3) is 0.500. The number of rotatable bonds is 4. The third kappa shape index (κ3) is 2.31. The van der Waals surface area contributed by atoms with Crippen LogP contribution in [0.1, 0.15) is 30.5 Å². The predicted octanol–water partition coefficient (Wildman–Crippen LogP) is 3.20. The van der Waals surface area contributed by atoms with Gasteiger partial charge in [-0.1, -0.05) is 37.6 Å². The maximum absolute atomic E-state index is 12.9. The fourth-order valence-corrected chi connectivity index (χ4v) is 5.49. The van der Waals surface area contributed by atoms with E-state index in [-0.39, 0.29) is 12.1 Å². The standard InChI is InChI=1S/C16H23NO2S/c1-7-14-15(10(2)3)17(14)20(18,19)16-12(5)8-11(4)9-13(16)6/h7-10,14-15H,1H2,2-6H3/t14-,15-,17?/m0/s1. The van der Waals surface area contributed by atoms with E-state index in [1.54, 1.807) is 10.4 Å². The lowest BCUT2D eigenvalue weighted by Crippen LogP contribution is -2.19. The summed E-state index contributed by atoms with van der Waals surface area (Å²) in [6, 6.07) is 3.82. The molecule has 0 N–H and O–H groups in total. The molecule has 1 aromatic carbocycles. The van der Waals surface area contributed by atoms with Crippen LogP contribution >= 0.6 is 0 Å². The number of benzene rings is 1. The van der Waals surface area contributed by atoms with Gasteiger partial charge in [-0.05, 0) is 37.8 Å². The SMILES string of the molecule is C=C[C@H]1[C@H](C(C)C)N1S(=O)(=O)c1c(C)cc(C)cc1C. The van der Waals surface area contributed by atoms with Crippen LogP contribution in [0.25, 0.3) is 0 Å². The second-order valence-electron chi connectivity index (χ2n) is 6.02. The van der Waals surface area contributed by atoms with Crippen molar-refractivity contribution in [1.29, 1.82) is 0 Å². The lowest BCUT2D eigenvalue weighted by Gasteiger charge is -2.14. The Hall–Kier alpha value is -1.13. The van der Waals surface area contributed by atoms with Gasteiger partial charge in [0.05, 0.1) is 10.9 Å². The smallest absolute Gasteiger partial charge is 0.207 e. The van der Waals surface area contributed by atoms with Crippen LogP contribution in [-0.4, -0.2) is 24.8 Å². The van der Waals surface area contributed by atoms with Crippen LogP contribution in [0, 0.1) is 26.7 Å². The first-order valence-corrected chi connectivity index (χ1v) is 8.39. The number of nitrogens with zero attached hydrogens (tertiary/aromatic N) is 1. The monoisotopic (exact) mass is 293 g/mol. The Balaban J connectivity index is 2.50. The first kappa shape index (κ1) is 15.3. The second kappa shape index (κ2) is 5.01. The summed E-state index contributed by atoms with van der Waals surface area (Å²) in [5, 5.41) is 0. The van der Waals surface area contributed by atoms with Gasteiger partial charge in [0.25, 0.3) is 0 Å². The van der Waals surface area contributed by atoms with Crippen molar-refractivity contribution in [3.8, 4) is 0 Å². The maximum atomic E-state index is 12.9. The molecule has 1 fully saturated rings. The normalized spacial score (nSPS) is 25.8. The van der Waals surface area contributed by atoms with E-state index in [1.807, 2.05) is 46.8 Å². The molecule has 2 rings (SSSR count). The van der Waals surface area contributed by atoms with Crippen molar-refractivity contribution in [3.05, 3.63) is 41.5 Å². The summed E-state index contributed by atoms with van der Waals surface area (Å²) in [5.74, 6) is 0.291. The third-order valence-electron chi connectivity index (χ3n) is 3.91. The Labute approximate surface area is 122 Å². The first-order chi connectivity index (χ1) is 9.21. The van der Waals surface area contributed by atoms with Gasteiger partial charge < -0.3 is 0 Å². The molecule has 1 aromatic rings. The summed E-state index contributed by atoms with van der Waals surface area (Å²) in [4.78, 5) is 0.457. The zero-order valence-corrected chi connectivity index (χ0v) is 13.7. The molecule has 1 saturated heterocycles. The van der Waals surface area contributed by atoms with Crippen molar-refractivity contribution in [2.24, 2.45) is 5.92 Å². The lowest BCUT2D eigenvalue weighted by molar-refractivity contribution is 0.516. The van der Waals surface area contributed by atoms with Gasteiger partial charge in [0, 0.05) is 6.04 Å². The van der Waals surface area contributed by atoms with E-state index >= 15 is 0 Å². The van der Waals surface area contributed by atoms with Gasteiger partial charge in [-0.15, -0.1) is 6.58 Å². The minimum atomic E-state index is -3.44. The topological polar surface area (TPSA) is 37.1 Å². The van der Waals surface area contributed by atoms with Crippen LogP contribution in [0.2, 0.25) is 0 Å². The average Bonchev–Trinajstić information content (AvgIpc) is 3.01. The van der Waals surface area contributed by atoms with Gasteiger partial charge in [0.1, 0.15) is 0 Å². The number of aryl methyl sites for hydroxylation is 3. The molecule has 0 spiro atoms. The molecule has 4 heteroatoms. The van der Waals surface area contributed by atoms with Gasteiger partial charge in [0.15, 0.2) is 0 Å². The molecule has 1 aliphatic rings. The van der Waals surface area contributed by atoms with Crippen molar-refractivity contribution in [2.75, 3.05) is 0 Å². The van der Waals surface area contributed by atoms with Gasteiger partial charge >= 0.3 is 0 Å². The van der Waals surface area contributed by atoms with Gasteiger partial charge in [-0.2, -0.15) is 4.31 Å². The summed E-state index contributed by atoms with van der Waals surface area (Å²) in [7, 11) is -3.44. The number of hydrogen-bond acceptors (Lipinski definition) is 2.